The smallest absolute Gasteiger partial charge is 0.259 e. The van der Waals surface area contributed by atoms with E-state index < -0.39 is 0 Å². The van der Waals surface area contributed by atoms with Crippen molar-refractivity contribution in [2.24, 2.45) is 0 Å². The lowest BCUT2D eigenvalue weighted by Gasteiger charge is -2.33. The van der Waals surface area contributed by atoms with Crippen LogP contribution in [-0.2, 0) is 10.5 Å². The van der Waals surface area contributed by atoms with Crippen molar-refractivity contribution in [2.75, 3.05) is 13.1 Å². The van der Waals surface area contributed by atoms with E-state index in [-0.39, 0.29) is 16.7 Å². The molecule has 0 aliphatic carbocycles. The average molecular weight is 442 g/mol. The number of H-pyrrole nitrogens is 1. The van der Waals surface area contributed by atoms with Gasteiger partial charge in [-0.2, -0.15) is 0 Å². The number of carbonyl (C=O) groups is 1. The summed E-state index contributed by atoms with van der Waals surface area (Å²) in [6.45, 7) is 7.53. The topological polar surface area (TPSA) is 66.1 Å². The van der Waals surface area contributed by atoms with E-state index in [0.29, 0.717) is 22.9 Å². The first-order valence-electron chi connectivity index (χ1n) is 10.4. The van der Waals surface area contributed by atoms with Crippen molar-refractivity contribution in [1.29, 1.82) is 0 Å². The summed E-state index contributed by atoms with van der Waals surface area (Å²) in [5.74, 6) is 1.88. The van der Waals surface area contributed by atoms with Gasteiger partial charge in [0.2, 0.25) is 5.91 Å². The molecule has 1 amide bonds. The van der Waals surface area contributed by atoms with Gasteiger partial charge >= 0.3 is 0 Å². The van der Waals surface area contributed by atoms with Crippen molar-refractivity contribution in [1.82, 2.24) is 14.9 Å². The van der Waals surface area contributed by atoms with Gasteiger partial charge in [0.15, 0.2) is 0 Å². The monoisotopic (exact) mass is 441 g/mol. The van der Waals surface area contributed by atoms with Crippen LogP contribution in [0.25, 0.3) is 10.2 Å². The molecule has 1 atom stereocenters. The van der Waals surface area contributed by atoms with Crippen molar-refractivity contribution in [2.45, 2.75) is 50.5 Å². The van der Waals surface area contributed by atoms with Gasteiger partial charge in [0.25, 0.3) is 5.56 Å². The molecule has 0 radical (unpaired) electrons. The lowest BCUT2D eigenvalue weighted by molar-refractivity contribution is -0.131. The molecule has 1 N–H and O–H groups in total. The van der Waals surface area contributed by atoms with Gasteiger partial charge in [-0.15, -0.1) is 23.1 Å². The molecule has 1 aliphatic heterocycles. The normalized spacial score (nSPS) is 16.2. The molecule has 1 aromatic carbocycles. The predicted molar refractivity (Wildman–Crippen MR) is 125 cm³/mol. The zero-order chi connectivity index (χ0) is 21.3. The average Bonchev–Trinajstić information content (AvgIpc) is 3.06. The number of fused-ring (bicyclic) bond motifs is 1. The van der Waals surface area contributed by atoms with Gasteiger partial charge in [0, 0.05) is 18.0 Å². The Bertz CT molecular complexity index is 1100. The van der Waals surface area contributed by atoms with Gasteiger partial charge in [-0.1, -0.05) is 30.3 Å². The molecule has 0 saturated carbocycles. The fourth-order valence-electron chi connectivity index (χ4n) is 4.06. The van der Waals surface area contributed by atoms with Gasteiger partial charge in [-0.05, 0) is 50.7 Å². The molecule has 1 aliphatic rings. The fourth-order valence-corrected chi connectivity index (χ4v) is 5.94. The highest BCUT2D eigenvalue weighted by Gasteiger charge is 2.27. The van der Waals surface area contributed by atoms with Gasteiger partial charge in [0.1, 0.15) is 10.7 Å². The maximum atomic E-state index is 12.9. The number of nitrogens with zero attached hydrogens (tertiary/aromatic N) is 2. The van der Waals surface area contributed by atoms with Gasteiger partial charge < -0.3 is 9.88 Å². The van der Waals surface area contributed by atoms with E-state index in [1.165, 1.54) is 17.3 Å². The molecular weight excluding hydrogens is 414 g/mol. The summed E-state index contributed by atoms with van der Waals surface area (Å²) in [7, 11) is 0. The van der Waals surface area contributed by atoms with Crippen LogP contribution in [0.3, 0.4) is 0 Å². The summed E-state index contributed by atoms with van der Waals surface area (Å²) >= 11 is 3.09. The standard InChI is InChI=1S/C23H27N3O2S2/c1-14-15(2)30-22-20(14)21(27)24-19(25-22)13-29-16(3)23(28)26-11-9-18(10-12-26)17-7-5-4-6-8-17/h4-8,16,18H,9-13H2,1-3H3,(H,24,25,27). The molecular formula is C23H27N3O2S2. The van der Waals surface area contributed by atoms with Crippen molar-refractivity contribution in [3.05, 3.63) is 62.5 Å². The van der Waals surface area contributed by atoms with E-state index in [1.807, 2.05) is 31.7 Å². The Balaban J connectivity index is 1.34. The maximum Gasteiger partial charge on any atom is 0.259 e. The zero-order valence-corrected chi connectivity index (χ0v) is 19.2. The summed E-state index contributed by atoms with van der Waals surface area (Å²) in [6, 6.07) is 10.6. The number of aromatic nitrogens is 2. The fraction of sp³-hybridized carbons (Fsp3) is 0.435. The number of hydrogen-bond acceptors (Lipinski definition) is 5. The van der Waals surface area contributed by atoms with E-state index in [0.717, 1.165) is 41.2 Å². The number of likely N-dealkylation sites (tertiary alicyclic amines) is 1. The first kappa shape index (κ1) is 21.1. The first-order chi connectivity index (χ1) is 14.4. The maximum absolute atomic E-state index is 12.9. The molecule has 30 heavy (non-hydrogen) atoms. The van der Waals surface area contributed by atoms with E-state index in [9.17, 15) is 9.59 Å². The van der Waals surface area contributed by atoms with E-state index in [2.05, 4.69) is 34.2 Å². The number of thiophene rings is 1. The highest BCUT2D eigenvalue weighted by molar-refractivity contribution is 7.99. The second kappa shape index (κ2) is 8.94. The Hall–Kier alpha value is -2.12. The summed E-state index contributed by atoms with van der Waals surface area (Å²) in [5.41, 5.74) is 2.29. The molecule has 4 rings (SSSR count). The minimum atomic E-state index is -0.161. The zero-order valence-electron chi connectivity index (χ0n) is 17.6. The molecule has 1 unspecified atom stereocenters. The quantitative estimate of drug-likeness (QED) is 0.627. The number of piperidine rings is 1. The van der Waals surface area contributed by atoms with Crippen LogP contribution in [0.15, 0.2) is 35.1 Å². The second-order valence-electron chi connectivity index (χ2n) is 7.94. The largest absolute Gasteiger partial charge is 0.342 e. The third-order valence-electron chi connectivity index (χ3n) is 5.98. The van der Waals surface area contributed by atoms with Gasteiger partial charge in [0.05, 0.1) is 16.4 Å². The van der Waals surface area contributed by atoms with Crippen LogP contribution >= 0.6 is 23.1 Å². The summed E-state index contributed by atoms with van der Waals surface area (Å²) in [5, 5.41) is 0.530. The molecule has 1 saturated heterocycles. The number of rotatable bonds is 5. The summed E-state index contributed by atoms with van der Waals surface area (Å²) in [4.78, 5) is 36.8. The number of carbonyl (C=O) groups excluding carboxylic acids is 1. The van der Waals surface area contributed by atoms with Crippen LogP contribution in [-0.4, -0.2) is 39.1 Å². The van der Waals surface area contributed by atoms with Crippen molar-refractivity contribution < 1.29 is 4.79 Å². The molecule has 7 heteroatoms. The number of aryl methyl sites for hydroxylation is 2. The SMILES string of the molecule is Cc1sc2nc(CSC(C)C(=O)N3CCC(c4ccccc4)CC3)[nH]c(=O)c2c1C. The third-order valence-corrected chi connectivity index (χ3v) is 8.23. The van der Waals surface area contributed by atoms with Crippen LogP contribution in [0.1, 0.15) is 47.5 Å². The lowest BCUT2D eigenvalue weighted by Crippen LogP contribution is -2.41. The minimum Gasteiger partial charge on any atom is -0.342 e. The van der Waals surface area contributed by atoms with Crippen molar-refractivity contribution >= 4 is 39.2 Å². The molecule has 0 spiro atoms. The van der Waals surface area contributed by atoms with E-state index >= 15 is 0 Å². The number of hydrogen-bond donors (Lipinski definition) is 1. The molecule has 3 aromatic rings. The Kier molecular flexibility index (Phi) is 6.29. The minimum absolute atomic E-state index is 0.0839. The highest BCUT2D eigenvalue weighted by atomic mass is 32.2. The van der Waals surface area contributed by atoms with E-state index in [4.69, 9.17) is 0 Å². The summed E-state index contributed by atoms with van der Waals surface area (Å²) in [6.07, 6.45) is 2.02. The molecule has 5 nitrogen and oxygen atoms in total. The number of benzene rings is 1. The molecule has 2 aromatic heterocycles. The number of thioether (sulfide) groups is 1. The van der Waals surface area contributed by atoms with Crippen LogP contribution in [0.4, 0.5) is 0 Å². The first-order valence-corrected chi connectivity index (χ1v) is 12.2. The Labute approximate surface area is 184 Å². The number of nitrogens with one attached hydrogen (secondary N) is 1. The van der Waals surface area contributed by atoms with Crippen LogP contribution < -0.4 is 5.56 Å². The predicted octanol–water partition coefficient (Wildman–Crippen LogP) is 4.63. The molecule has 3 heterocycles. The molecule has 0 bridgehead atoms. The third kappa shape index (κ3) is 4.32. The second-order valence-corrected chi connectivity index (χ2v) is 10.5. The van der Waals surface area contributed by atoms with Crippen LogP contribution in [0.5, 0.6) is 0 Å². The Morgan fingerprint density at radius 1 is 1.27 bits per heavy atom. The number of aromatic amines is 1. The Morgan fingerprint density at radius 3 is 2.67 bits per heavy atom. The van der Waals surface area contributed by atoms with Crippen LogP contribution in [0, 0.1) is 13.8 Å². The van der Waals surface area contributed by atoms with E-state index in [1.54, 1.807) is 11.3 Å². The Morgan fingerprint density at radius 2 is 1.97 bits per heavy atom. The van der Waals surface area contributed by atoms with Crippen molar-refractivity contribution in [3.63, 3.8) is 0 Å². The van der Waals surface area contributed by atoms with Crippen molar-refractivity contribution in [3.8, 4) is 0 Å². The van der Waals surface area contributed by atoms with Crippen LogP contribution in [0.2, 0.25) is 0 Å². The van der Waals surface area contributed by atoms with Gasteiger partial charge in [-0.3, -0.25) is 9.59 Å². The molecule has 158 valence electrons. The number of amides is 1. The summed E-state index contributed by atoms with van der Waals surface area (Å²) < 4.78 is 0. The highest BCUT2D eigenvalue weighted by Crippen LogP contribution is 2.30. The lowest BCUT2D eigenvalue weighted by atomic mass is 9.89. The molecule has 1 fully saturated rings. The van der Waals surface area contributed by atoms with Gasteiger partial charge in [-0.25, -0.2) is 4.98 Å².